The summed E-state index contributed by atoms with van der Waals surface area (Å²) in [6.45, 7) is 0. The quantitative estimate of drug-likeness (QED) is 0.833. The van der Waals surface area contributed by atoms with Gasteiger partial charge in [0.15, 0.2) is 0 Å². The Bertz CT molecular complexity index is 653. The summed E-state index contributed by atoms with van der Waals surface area (Å²) in [6.07, 6.45) is 1.22. The van der Waals surface area contributed by atoms with Crippen molar-refractivity contribution in [2.75, 3.05) is 0 Å². The molecule has 2 aromatic rings. The summed E-state index contributed by atoms with van der Waals surface area (Å²) in [5.74, 6) is -1.23. The van der Waals surface area contributed by atoms with Gasteiger partial charge in [0.1, 0.15) is 5.56 Å². The van der Waals surface area contributed by atoms with E-state index in [9.17, 15) is 4.79 Å². The molecule has 1 N–H and O–H groups in total. The second kappa shape index (κ2) is 5.55. The summed E-state index contributed by atoms with van der Waals surface area (Å²) in [5, 5.41) is 9.78. The number of aromatic nitrogens is 1. The molecule has 3 nitrogen and oxygen atoms in total. The minimum Gasteiger partial charge on any atom is -0.478 e. The molecule has 0 atom stereocenters. The number of nitrogens with zero attached hydrogens (tertiary/aromatic N) is 1. The lowest BCUT2D eigenvalue weighted by Crippen LogP contribution is -2.01. The number of carbonyl (C=O) groups is 1. The van der Waals surface area contributed by atoms with Crippen molar-refractivity contribution in [1.82, 2.24) is 4.98 Å². The second-order valence-corrected chi connectivity index (χ2v) is 5.27. The summed E-state index contributed by atoms with van der Waals surface area (Å²) >= 11 is 23.6. The fourth-order valence-electron chi connectivity index (χ4n) is 1.55. The number of rotatable bonds is 2. The lowest BCUT2D eigenvalue weighted by molar-refractivity contribution is 0.0697. The Balaban J connectivity index is 2.70. The first kappa shape index (κ1) is 14.4. The van der Waals surface area contributed by atoms with E-state index in [-0.39, 0.29) is 21.3 Å². The summed E-state index contributed by atoms with van der Waals surface area (Å²) in [5.41, 5.74) is 0.568. The molecule has 1 aromatic heterocycles. The van der Waals surface area contributed by atoms with E-state index in [2.05, 4.69) is 4.98 Å². The van der Waals surface area contributed by atoms with Crippen molar-refractivity contribution in [3.05, 3.63) is 50.0 Å². The van der Waals surface area contributed by atoms with Crippen molar-refractivity contribution in [2.24, 2.45) is 0 Å². The topological polar surface area (TPSA) is 50.2 Å². The van der Waals surface area contributed by atoms with Crippen LogP contribution < -0.4 is 0 Å². The zero-order valence-corrected chi connectivity index (χ0v) is 12.1. The molecule has 98 valence electrons. The second-order valence-electron chi connectivity index (χ2n) is 3.61. The van der Waals surface area contributed by atoms with E-state index in [0.29, 0.717) is 15.6 Å². The van der Waals surface area contributed by atoms with Gasteiger partial charge in [-0.15, -0.1) is 0 Å². The van der Waals surface area contributed by atoms with Gasteiger partial charge in [-0.3, -0.25) is 4.98 Å². The Kier molecular flexibility index (Phi) is 4.21. The normalized spacial score (nSPS) is 10.5. The molecular formula is C12H5Cl4NO2. The van der Waals surface area contributed by atoms with Crippen molar-refractivity contribution < 1.29 is 9.90 Å². The molecule has 0 bridgehead atoms. The Hall–Kier alpha value is -1.000. The molecule has 0 spiro atoms. The van der Waals surface area contributed by atoms with E-state index in [1.54, 1.807) is 18.2 Å². The van der Waals surface area contributed by atoms with Crippen LogP contribution >= 0.6 is 46.4 Å². The van der Waals surface area contributed by atoms with Gasteiger partial charge >= 0.3 is 5.97 Å². The van der Waals surface area contributed by atoms with Crippen LogP contribution in [0, 0.1) is 0 Å². The van der Waals surface area contributed by atoms with E-state index < -0.39 is 5.97 Å². The lowest BCUT2D eigenvalue weighted by Gasteiger charge is -2.08. The van der Waals surface area contributed by atoms with Crippen molar-refractivity contribution in [3.8, 4) is 11.3 Å². The first-order valence-corrected chi connectivity index (χ1v) is 6.45. The molecular weight excluding hydrogens is 332 g/mol. The largest absolute Gasteiger partial charge is 0.478 e. The van der Waals surface area contributed by atoms with Crippen molar-refractivity contribution in [2.45, 2.75) is 0 Å². The zero-order valence-electron chi connectivity index (χ0n) is 9.12. The fourth-order valence-corrected chi connectivity index (χ4v) is 2.69. The number of hydrogen-bond donors (Lipinski definition) is 1. The maximum Gasteiger partial charge on any atom is 0.338 e. The lowest BCUT2D eigenvalue weighted by atomic mass is 10.1. The molecule has 7 heteroatoms. The van der Waals surface area contributed by atoms with Gasteiger partial charge in [-0.05, 0) is 18.2 Å². The number of carboxylic acid groups (broad SMARTS) is 1. The molecule has 2 rings (SSSR count). The smallest absolute Gasteiger partial charge is 0.338 e. The minimum atomic E-state index is -1.23. The monoisotopic (exact) mass is 335 g/mol. The van der Waals surface area contributed by atoms with Gasteiger partial charge in [0, 0.05) is 21.8 Å². The molecule has 19 heavy (non-hydrogen) atoms. The summed E-state index contributed by atoms with van der Waals surface area (Å²) in [7, 11) is 0. The standard InChI is InChI=1S/C12H5Cl4NO2/c13-6-1-5(2-7(14)3-6)11-10(16)9(12(18)19)8(15)4-17-11/h1-4H,(H,18,19). The Morgan fingerprint density at radius 2 is 1.63 bits per heavy atom. The summed E-state index contributed by atoms with van der Waals surface area (Å²) < 4.78 is 0. The number of pyridine rings is 1. The highest BCUT2D eigenvalue weighted by Crippen LogP contribution is 2.35. The molecule has 1 aromatic carbocycles. The predicted molar refractivity (Wildman–Crippen MR) is 76.7 cm³/mol. The highest BCUT2D eigenvalue weighted by Gasteiger charge is 2.19. The highest BCUT2D eigenvalue weighted by atomic mass is 35.5. The van der Waals surface area contributed by atoms with Crippen molar-refractivity contribution >= 4 is 52.4 Å². The van der Waals surface area contributed by atoms with Crippen LogP contribution in [0.15, 0.2) is 24.4 Å². The van der Waals surface area contributed by atoms with Gasteiger partial charge in [0.05, 0.1) is 15.7 Å². The molecule has 0 saturated carbocycles. The van der Waals surface area contributed by atoms with Gasteiger partial charge in [0.2, 0.25) is 0 Å². The van der Waals surface area contributed by atoms with Crippen LogP contribution in [-0.2, 0) is 0 Å². The Labute approximate surface area is 128 Å². The maximum absolute atomic E-state index is 11.1. The average molecular weight is 337 g/mol. The number of halogens is 4. The van der Waals surface area contributed by atoms with Crippen LogP contribution in [0.1, 0.15) is 10.4 Å². The third-order valence-corrected chi connectivity index (χ3v) is 3.41. The van der Waals surface area contributed by atoms with Gasteiger partial charge < -0.3 is 5.11 Å². The van der Waals surface area contributed by atoms with Crippen molar-refractivity contribution in [3.63, 3.8) is 0 Å². The molecule has 0 unspecified atom stereocenters. The van der Waals surface area contributed by atoms with E-state index in [4.69, 9.17) is 51.5 Å². The summed E-state index contributed by atoms with van der Waals surface area (Å²) in [4.78, 5) is 15.1. The fraction of sp³-hybridized carbons (Fsp3) is 0. The maximum atomic E-state index is 11.1. The van der Waals surface area contributed by atoms with Crippen LogP contribution in [0.3, 0.4) is 0 Å². The van der Waals surface area contributed by atoms with Crippen LogP contribution in [0.4, 0.5) is 0 Å². The molecule has 1 heterocycles. The number of aromatic carboxylic acids is 1. The molecule has 0 aliphatic heterocycles. The number of benzene rings is 1. The van der Waals surface area contributed by atoms with Crippen LogP contribution in [-0.4, -0.2) is 16.1 Å². The molecule has 0 radical (unpaired) electrons. The van der Waals surface area contributed by atoms with Gasteiger partial charge in [0.25, 0.3) is 0 Å². The van der Waals surface area contributed by atoms with E-state index in [0.717, 1.165) is 0 Å². The molecule has 0 aliphatic carbocycles. The molecule has 0 fully saturated rings. The summed E-state index contributed by atoms with van der Waals surface area (Å²) in [6, 6.07) is 4.72. The van der Waals surface area contributed by atoms with E-state index >= 15 is 0 Å². The molecule has 0 aliphatic rings. The minimum absolute atomic E-state index is 0.0330. The predicted octanol–water partition coefficient (Wildman–Crippen LogP) is 5.06. The highest BCUT2D eigenvalue weighted by molar-refractivity contribution is 6.41. The zero-order chi connectivity index (χ0) is 14.2. The Morgan fingerprint density at radius 1 is 1.05 bits per heavy atom. The van der Waals surface area contributed by atoms with Crippen LogP contribution in [0.5, 0.6) is 0 Å². The first-order chi connectivity index (χ1) is 8.90. The van der Waals surface area contributed by atoms with Crippen LogP contribution in [0.2, 0.25) is 20.1 Å². The van der Waals surface area contributed by atoms with Gasteiger partial charge in [-0.2, -0.15) is 0 Å². The van der Waals surface area contributed by atoms with Gasteiger partial charge in [-0.25, -0.2) is 4.79 Å². The van der Waals surface area contributed by atoms with Crippen LogP contribution in [0.25, 0.3) is 11.3 Å². The molecule has 0 amide bonds. The third kappa shape index (κ3) is 2.95. The van der Waals surface area contributed by atoms with E-state index in [1.807, 2.05) is 0 Å². The Morgan fingerprint density at radius 3 is 2.16 bits per heavy atom. The molecule has 0 saturated heterocycles. The number of hydrogen-bond acceptors (Lipinski definition) is 2. The third-order valence-electron chi connectivity index (χ3n) is 2.32. The first-order valence-electron chi connectivity index (χ1n) is 4.94. The van der Waals surface area contributed by atoms with E-state index in [1.165, 1.54) is 6.20 Å². The average Bonchev–Trinajstić information content (AvgIpc) is 2.26. The number of carboxylic acids is 1. The van der Waals surface area contributed by atoms with Crippen molar-refractivity contribution in [1.29, 1.82) is 0 Å². The SMILES string of the molecule is O=C(O)c1c(Cl)cnc(-c2cc(Cl)cc(Cl)c2)c1Cl. The van der Waals surface area contributed by atoms with Gasteiger partial charge in [-0.1, -0.05) is 46.4 Å².